The summed E-state index contributed by atoms with van der Waals surface area (Å²) in [5.74, 6) is -0.344. The number of carbonyl (C=O) groups is 2. The van der Waals surface area contributed by atoms with Crippen molar-refractivity contribution in [3.05, 3.63) is 77.9 Å². The number of amides is 1. The van der Waals surface area contributed by atoms with E-state index in [9.17, 15) is 9.59 Å². The van der Waals surface area contributed by atoms with Gasteiger partial charge < -0.3 is 19.5 Å². The maximum atomic E-state index is 12.6. The summed E-state index contributed by atoms with van der Waals surface area (Å²) in [5.41, 5.74) is 2.31. The van der Waals surface area contributed by atoms with Gasteiger partial charge in [-0.2, -0.15) is 0 Å². The minimum Gasteiger partial charge on any atom is -0.489 e. The third-order valence-electron chi connectivity index (χ3n) is 4.47. The molecule has 0 aromatic heterocycles. The number of alkyl carbamates (subject to hydrolysis) is 1. The van der Waals surface area contributed by atoms with E-state index in [-0.39, 0.29) is 19.8 Å². The highest BCUT2D eigenvalue weighted by Crippen LogP contribution is 2.38. The molecule has 2 aromatic rings. The number of para-hydroxylation sites is 1. The minimum atomic E-state index is -0.958. The van der Waals surface area contributed by atoms with Crippen LogP contribution < -0.4 is 10.1 Å². The smallest absolute Gasteiger partial charge is 0.408 e. The first kappa shape index (κ1) is 19.5. The van der Waals surface area contributed by atoms with Crippen molar-refractivity contribution < 1.29 is 23.8 Å². The average Bonchev–Trinajstić information content (AvgIpc) is 2.72. The summed E-state index contributed by atoms with van der Waals surface area (Å²) in [4.78, 5) is 25.0. The van der Waals surface area contributed by atoms with Crippen LogP contribution in [0, 0.1) is 0 Å². The molecule has 3 rings (SSSR count). The molecule has 1 heterocycles. The van der Waals surface area contributed by atoms with Gasteiger partial charge in [0, 0.05) is 11.5 Å². The summed E-state index contributed by atoms with van der Waals surface area (Å²) in [6.07, 6.45) is -0.696. The molecule has 0 bridgehead atoms. The molecule has 1 N–H and O–H groups in total. The van der Waals surface area contributed by atoms with Gasteiger partial charge in [-0.05, 0) is 24.1 Å². The second-order valence-corrected chi connectivity index (χ2v) is 6.40. The zero-order valence-corrected chi connectivity index (χ0v) is 15.7. The van der Waals surface area contributed by atoms with Crippen LogP contribution in [-0.4, -0.2) is 31.3 Å². The van der Waals surface area contributed by atoms with E-state index >= 15 is 0 Å². The number of fused-ring (bicyclic) bond motifs is 1. The molecule has 0 saturated carbocycles. The van der Waals surface area contributed by atoms with Crippen molar-refractivity contribution in [2.24, 2.45) is 0 Å². The first-order valence-electron chi connectivity index (χ1n) is 9.13. The molecular weight excluding hydrogens is 358 g/mol. The molecule has 1 amide bonds. The van der Waals surface area contributed by atoms with Gasteiger partial charge in [-0.25, -0.2) is 9.59 Å². The quantitative estimate of drug-likeness (QED) is 0.612. The number of hydrogen-bond acceptors (Lipinski definition) is 5. The second-order valence-electron chi connectivity index (χ2n) is 6.40. The first-order chi connectivity index (χ1) is 13.6. The molecule has 146 valence electrons. The average molecular weight is 381 g/mol. The van der Waals surface area contributed by atoms with Crippen LogP contribution in [0.2, 0.25) is 0 Å². The summed E-state index contributed by atoms with van der Waals surface area (Å²) in [7, 11) is 0. The van der Waals surface area contributed by atoms with Crippen molar-refractivity contribution in [2.45, 2.75) is 25.5 Å². The highest BCUT2D eigenvalue weighted by Gasteiger charge is 2.38. The Kier molecular flexibility index (Phi) is 6.32. The molecule has 1 aliphatic heterocycles. The van der Waals surface area contributed by atoms with Crippen LogP contribution in [0.25, 0.3) is 0 Å². The summed E-state index contributed by atoms with van der Waals surface area (Å²) in [6, 6.07) is 15.7. The standard InChI is InChI=1S/C22H23NO5/c1-3-26-21(24)20(23-22(25)28-14-16-9-5-4-6-10-16)19-15(2)13-27-18-12-8-7-11-17(18)19/h4-12,19-20H,2-3,13-14H2,1H3,(H,23,25)/t19?,20-/m0/s1. The maximum absolute atomic E-state index is 12.6. The van der Waals surface area contributed by atoms with Crippen LogP contribution in [0.1, 0.15) is 24.0 Å². The van der Waals surface area contributed by atoms with E-state index in [1.165, 1.54) is 0 Å². The molecular formula is C22H23NO5. The predicted molar refractivity (Wildman–Crippen MR) is 104 cm³/mol. The normalized spacial score (nSPS) is 16.3. The Morgan fingerprint density at radius 2 is 1.86 bits per heavy atom. The fourth-order valence-electron chi connectivity index (χ4n) is 3.17. The number of nitrogens with one attached hydrogen (secondary N) is 1. The van der Waals surface area contributed by atoms with Crippen LogP contribution >= 0.6 is 0 Å². The molecule has 6 heteroatoms. The molecule has 6 nitrogen and oxygen atoms in total. The summed E-state index contributed by atoms with van der Waals surface area (Å²) >= 11 is 0. The van der Waals surface area contributed by atoms with E-state index in [1.54, 1.807) is 6.92 Å². The van der Waals surface area contributed by atoms with Gasteiger partial charge in [0.2, 0.25) is 0 Å². The largest absolute Gasteiger partial charge is 0.489 e. The SMILES string of the molecule is C=C1COc2ccccc2C1[C@H](NC(=O)OCc1ccccc1)C(=O)OCC. The van der Waals surface area contributed by atoms with Gasteiger partial charge in [-0.3, -0.25) is 0 Å². The van der Waals surface area contributed by atoms with E-state index in [0.29, 0.717) is 11.3 Å². The predicted octanol–water partition coefficient (Wildman–Crippen LogP) is 3.58. The molecule has 0 radical (unpaired) electrons. The number of benzene rings is 2. The zero-order chi connectivity index (χ0) is 19.9. The highest BCUT2D eigenvalue weighted by molar-refractivity contribution is 5.83. The molecule has 1 aliphatic rings. The van der Waals surface area contributed by atoms with E-state index in [1.807, 2.05) is 54.6 Å². The lowest BCUT2D eigenvalue weighted by Crippen LogP contribution is -2.47. The molecule has 0 saturated heterocycles. The number of esters is 1. The van der Waals surface area contributed by atoms with E-state index in [4.69, 9.17) is 14.2 Å². The van der Waals surface area contributed by atoms with Crippen LogP contribution in [0.3, 0.4) is 0 Å². The summed E-state index contributed by atoms with van der Waals surface area (Å²) in [6.45, 7) is 6.32. The molecule has 0 spiro atoms. The van der Waals surface area contributed by atoms with Crippen molar-refractivity contribution in [1.82, 2.24) is 5.32 Å². The maximum Gasteiger partial charge on any atom is 0.408 e. The van der Waals surface area contributed by atoms with E-state index in [2.05, 4.69) is 11.9 Å². The van der Waals surface area contributed by atoms with Crippen LogP contribution in [0.4, 0.5) is 4.79 Å². The summed E-state index contributed by atoms with van der Waals surface area (Å²) in [5, 5.41) is 2.66. The topological polar surface area (TPSA) is 73.9 Å². The zero-order valence-electron chi connectivity index (χ0n) is 15.7. The molecule has 0 fully saturated rings. The Hall–Kier alpha value is -3.28. The Morgan fingerprint density at radius 3 is 2.61 bits per heavy atom. The molecule has 0 aliphatic carbocycles. The third kappa shape index (κ3) is 4.52. The molecule has 1 unspecified atom stereocenters. The van der Waals surface area contributed by atoms with Gasteiger partial charge in [-0.15, -0.1) is 0 Å². The summed E-state index contributed by atoms with van der Waals surface area (Å²) < 4.78 is 16.1. The Balaban J connectivity index is 1.78. The van der Waals surface area contributed by atoms with Crippen LogP contribution in [0.15, 0.2) is 66.7 Å². The third-order valence-corrected chi connectivity index (χ3v) is 4.47. The van der Waals surface area contributed by atoms with Crippen molar-refractivity contribution in [2.75, 3.05) is 13.2 Å². The fourth-order valence-corrected chi connectivity index (χ4v) is 3.17. The van der Waals surface area contributed by atoms with Crippen molar-refractivity contribution >= 4 is 12.1 Å². The van der Waals surface area contributed by atoms with Gasteiger partial charge in [0.05, 0.1) is 6.61 Å². The number of ether oxygens (including phenoxy) is 3. The second kappa shape index (κ2) is 9.08. The minimum absolute atomic E-state index is 0.105. The highest BCUT2D eigenvalue weighted by atomic mass is 16.6. The lowest BCUT2D eigenvalue weighted by molar-refractivity contribution is -0.146. The van der Waals surface area contributed by atoms with Crippen molar-refractivity contribution in [3.8, 4) is 5.75 Å². The lowest BCUT2D eigenvalue weighted by atomic mass is 9.83. The Bertz CT molecular complexity index is 849. The number of carbonyl (C=O) groups excluding carboxylic acids is 2. The molecule has 2 atom stereocenters. The fraction of sp³-hybridized carbons (Fsp3) is 0.273. The van der Waals surface area contributed by atoms with E-state index < -0.39 is 24.0 Å². The van der Waals surface area contributed by atoms with Gasteiger partial charge in [-0.1, -0.05) is 55.1 Å². The molecule has 2 aromatic carbocycles. The number of rotatable bonds is 6. The van der Waals surface area contributed by atoms with Gasteiger partial charge in [0.15, 0.2) is 0 Å². The molecule has 28 heavy (non-hydrogen) atoms. The van der Waals surface area contributed by atoms with E-state index in [0.717, 1.165) is 11.1 Å². The van der Waals surface area contributed by atoms with Crippen molar-refractivity contribution in [1.29, 1.82) is 0 Å². The van der Waals surface area contributed by atoms with Gasteiger partial charge >= 0.3 is 12.1 Å². The van der Waals surface area contributed by atoms with Gasteiger partial charge in [0.1, 0.15) is 25.0 Å². The van der Waals surface area contributed by atoms with Crippen molar-refractivity contribution in [3.63, 3.8) is 0 Å². The monoisotopic (exact) mass is 381 g/mol. The lowest BCUT2D eigenvalue weighted by Gasteiger charge is -2.32. The Labute approximate surface area is 164 Å². The first-order valence-corrected chi connectivity index (χ1v) is 9.13. The van der Waals surface area contributed by atoms with Crippen LogP contribution in [0.5, 0.6) is 5.75 Å². The Morgan fingerprint density at radius 1 is 1.14 bits per heavy atom. The number of hydrogen-bond donors (Lipinski definition) is 1. The van der Waals surface area contributed by atoms with Gasteiger partial charge in [0.25, 0.3) is 0 Å². The van der Waals surface area contributed by atoms with Crippen LogP contribution in [-0.2, 0) is 20.9 Å².